The minimum atomic E-state index is -0.215. The third-order valence-corrected chi connectivity index (χ3v) is 3.12. The summed E-state index contributed by atoms with van der Waals surface area (Å²) in [4.78, 5) is 15.8. The lowest BCUT2D eigenvalue weighted by Gasteiger charge is -2.09. The first-order chi connectivity index (χ1) is 10.1. The van der Waals surface area contributed by atoms with Crippen molar-refractivity contribution in [1.29, 1.82) is 0 Å². The topological polar surface area (TPSA) is 80.0 Å². The number of hydrogen-bond donors (Lipinski definition) is 3. The van der Waals surface area contributed by atoms with Crippen molar-refractivity contribution in [3.63, 3.8) is 0 Å². The third kappa shape index (κ3) is 4.89. The highest BCUT2D eigenvalue weighted by atomic mass is 16.2. The lowest BCUT2D eigenvalue weighted by molar-refractivity contribution is 0.252. The van der Waals surface area contributed by atoms with Gasteiger partial charge < -0.3 is 16.4 Å². The Labute approximate surface area is 124 Å². The quantitative estimate of drug-likeness (QED) is 0.789. The Kier molecular flexibility index (Phi) is 5.29. The van der Waals surface area contributed by atoms with Gasteiger partial charge in [-0.3, -0.25) is 4.98 Å². The van der Waals surface area contributed by atoms with Crippen molar-refractivity contribution in [3.8, 4) is 0 Å². The molecule has 0 fully saturated rings. The summed E-state index contributed by atoms with van der Waals surface area (Å²) in [5.41, 5.74) is 8.67. The van der Waals surface area contributed by atoms with Crippen LogP contribution in [0.5, 0.6) is 0 Å². The summed E-state index contributed by atoms with van der Waals surface area (Å²) in [5, 5.41) is 5.60. The number of anilines is 1. The number of urea groups is 1. The monoisotopic (exact) mass is 284 g/mol. The molecule has 21 heavy (non-hydrogen) atoms. The number of nitrogens with one attached hydrogen (secondary N) is 2. The van der Waals surface area contributed by atoms with Crippen LogP contribution in [0.25, 0.3) is 0 Å². The van der Waals surface area contributed by atoms with Gasteiger partial charge in [-0.2, -0.15) is 0 Å². The SMILES string of the molecule is CC(N)c1ccc(NC(=O)NCCc2cccnc2)cc1. The molecule has 5 nitrogen and oxygen atoms in total. The molecule has 1 aromatic heterocycles. The molecule has 2 amide bonds. The average molecular weight is 284 g/mol. The summed E-state index contributed by atoms with van der Waals surface area (Å²) < 4.78 is 0. The van der Waals surface area contributed by atoms with Gasteiger partial charge in [0.05, 0.1) is 0 Å². The second kappa shape index (κ2) is 7.40. The van der Waals surface area contributed by atoms with E-state index in [4.69, 9.17) is 5.73 Å². The van der Waals surface area contributed by atoms with Gasteiger partial charge in [0.2, 0.25) is 0 Å². The van der Waals surface area contributed by atoms with Crippen LogP contribution in [0.4, 0.5) is 10.5 Å². The van der Waals surface area contributed by atoms with Crippen LogP contribution in [-0.2, 0) is 6.42 Å². The fraction of sp³-hybridized carbons (Fsp3) is 0.250. The highest BCUT2D eigenvalue weighted by Gasteiger charge is 2.03. The van der Waals surface area contributed by atoms with E-state index in [9.17, 15) is 4.79 Å². The van der Waals surface area contributed by atoms with Crippen LogP contribution in [-0.4, -0.2) is 17.6 Å². The van der Waals surface area contributed by atoms with E-state index in [-0.39, 0.29) is 12.1 Å². The van der Waals surface area contributed by atoms with Gasteiger partial charge in [-0.1, -0.05) is 18.2 Å². The zero-order valence-corrected chi connectivity index (χ0v) is 12.0. The van der Waals surface area contributed by atoms with Crippen LogP contribution in [0, 0.1) is 0 Å². The number of benzene rings is 1. The highest BCUT2D eigenvalue weighted by Crippen LogP contribution is 2.13. The fourth-order valence-electron chi connectivity index (χ4n) is 1.91. The maximum absolute atomic E-state index is 11.8. The number of carbonyl (C=O) groups excluding carboxylic acids is 1. The van der Waals surface area contributed by atoms with E-state index >= 15 is 0 Å². The van der Waals surface area contributed by atoms with Gasteiger partial charge in [0, 0.05) is 30.7 Å². The number of hydrogen-bond acceptors (Lipinski definition) is 3. The molecular formula is C16H20N4O. The Morgan fingerprint density at radius 3 is 2.67 bits per heavy atom. The number of rotatable bonds is 5. The number of nitrogens with two attached hydrogens (primary N) is 1. The lowest BCUT2D eigenvalue weighted by atomic mass is 10.1. The molecule has 0 saturated heterocycles. The highest BCUT2D eigenvalue weighted by molar-refractivity contribution is 5.89. The maximum Gasteiger partial charge on any atom is 0.319 e. The molecule has 0 radical (unpaired) electrons. The molecule has 0 spiro atoms. The van der Waals surface area contributed by atoms with Crippen molar-refractivity contribution in [2.45, 2.75) is 19.4 Å². The van der Waals surface area contributed by atoms with E-state index in [1.807, 2.05) is 43.3 Å². The van der Waals surface area contributed by atoms with Gasteiger partial charge >= 0.3 is 6.03 Å². The molecule has 0 saturated carbocycles. The Bertz CT molecular complexity index is 567. The van der Waals surface area contributed by atoms with Gasteiger partial charge in [0.15, 0.2) is 0 Å². The number of amides is 2. The molecule has 0 bridgehead atoms. The van der Waals surface area contributed by atoms with Crippen LogP contribution < -0.4 is 16.4 Å². The van der Waals surface area contributed by atoms with Gasteiger partial charge in [0.25, 0.3) is 0 Å². The predicted octanol–water partition coefficient (Wildman–Crippen LogP) is 2.47. The van der Waals surface area contributed by atoms with Gasteiger partial charge in [-0.15, -0.1) is 0 Å². The van der Waals surface area contributed by atoms with Gasteiger partial charge in [-0.05, 0) is 42.7 Å². The molecular weight excluding hydrogens is 264 g/mol. The number of pyridine rings is 1. The molecule has 2 aromatic rings. The average Bonchev–Trinajstić information content (AvgIpc) is 2.49. The summed E-state index contributed by atoms with van der Waals surface area (Å²) in [6.45, 7) is 2.49. The fourth-order valence-corrected chi connectivity index (χ4v) is 1.91. The molecule has 2 rings (SSSR count). The van der Waals surface area contributed by atoms with Gasteiger partial charge in [-0.25, -0.2) is 4.79 Å². The lowest BCUT2D eigenvalue weighted by Crippen LogP contribution is -2.30. The third-order valence-electron chi connectivity index (χ3n) is 3.12. The molecule has 0 aliphatic carbocycles. The summed E-state index contributed by atoms with van der Waals surface area (Å²) in [6, 6.07) is 11.2. The van der Waals surface area contributed by atoms with E-state index in [1.165, 1.54) is 0 Å². The minimum Gasteiger partial charge on any atom is -0.338 e. The van der Waals surface area contributed by atoms with Crippen LogP contribution in [0.2, 0.25) is 0 Å². The summed E-state index contributed by atoms with van der Waals surface area (Å²) >= 11 is 0. The van der Waals surface area contributed by atoms with E-state index in [2.05, 4.69) is 15.6 Å². The van der Waals surface area contributed by atoms with Crippen molar-refractivity contribution in [3.05, 3.63) is 59.9 Å². The van der Waals surface area contributed by atoms with E-state index in [0.29, 0.717) is 6.54 Å². The van der Waals surface area contributed by atoms with Crippen molar-refractivity contribution in [2.75, 3.05) is 11.9 Å². The van der Waals surface area contributed by atoms with Crippen LogP contribution in [0.3, 0.4) is 0 Å². The molecule has 1 aromatic carbocycles. The predicted molar refractivity (Wildman–Crippen MR) is 84.0 cm³/mol. The standard InChI is InChI=1S/C16H20N4O/c1-12(17)14-4-6-15(7-5-14)20-16(21)19-10-8-13-3-2-9-18-11-13/h2-7,9,11-12H,8,10,17H2,1H3,(H2,19,20,21). The second-order valence-electron chi connectivity index (χ2n) is 4.90. The summed E-state index contributed by atoms with van der Waals surface area (Å²) in [7, 11) is 0. The molecule has 0 aliphatic rings. The zero-order valence-electron chi connectivity index (χ0n) is 12.0. The second-order valence-corrected chi connectivity index (χ2v) is 4.90. The van der Waals surface area contributed by atoms with Crippen molar-refractivity contribution >= 4 is 11.7 Å². The first-order valence-electron chi connectivity index (χ1n) is 6.94. The molecule has 5 heteroatoms. The number of nitrogens with zero attached hydrogens (tertiary/aromatic N) is 1. The molecule has 1 heterocycles. The Morgan fingerprint density at radius 1 is 1.29 bits per heavy atom. The first kappa shape index (κ1) is 15.0. The molecule has 1 atom stereocenters. The van der Waals surface area contributed by atoms with E-state index in [1.54, 1.807) is 12.4 Å². The van der Waals surface area contributed by atoms with Crippen LogP contribution in [0.15, 0.2) is 48.8 Å². The minimum absolute atomic E-state index is 0.00708. The van der Waals surface area contributed by atoms with Crippen LogP contribution in [0.1, 0.15) is 24.1 Å². The smallest absolute Gasteiger partial charge is 0.319 e. The van der Waals surface area contributed by atoms with Crippen molar-refractivity contribution in [1.82, 2.24) is 10.3 Å². The summed E-state index contributed by atoms with van der Waals surface area (Å²) in [6.07, 6.45) is 4.28. The summed E-state index contributed by atoms with van der Waals surface area (Å²) in [5.74, 6) is 0. The van der Waals surface area contributed by atoms with Gasteiger partial charge in [0.1, 0.15) is 0 Å². The van der Waals surface area contributed by atoms with Crippen LogP contribution >= 0.6 is 0 Å². The number of aromatic nitrogens is 1. The normalized spacial score (nSPS) is 11.7. The van der Waals surface area contributed by atoms with Crippen molar-refractivity contribution < 1.29 is 4.79 Å². The molecule has 110 valence electrons. The zero-order chi connectivity index (χ0) is 15.1. The largest absolute Gasteiger partial charge is 0.338 e. The Morgan fingerprint density at radius 2 is 2.05 bits per heavy atom. The first-order valence-corrected chi connectivity index (χ1v) is 6.94. The molecule has 1 unspecified atom stereocenters. The maximum atomic E-state index is 11.8. The van der Waals surface area contributed by atoms with Crippen molar-refractivity contribution in [2.24, 2.45) is 5.73 Å². The molecule has 0 aliphatic heterocycles. The number of carbonyl (C=O) groups is 1. The Hall–Kier alpha value is -2.40. The molecule has 4 N–H and O–H groups in total. The Balaban J connectivity index is 1.76. The van der Waals surface area contributed by atoms with E-state index < -0.39 is 0 Å². The van der Waals surface area contributed by atoms with E-state index in [0.717, 1.165) is 23.2 Å².